The number of aromatic nitrogens is 4. The van der Waals surface area contributed by atoms with Crippen molar-refractivity contribution in [3.63, 3.8) is 0 Å². The Kier molecular flexibility index (Phi) is 6.25. The minimum atomic E-state index is -0.499. The second-order valence-electron chi connectivity index (χ2n) is 6.24. The molecule has 3 aromatic rings. The van der Waals surface area contributed by atoms with Crippen molar-refractivity contribution in [2.75, 3.05) is 5.43 Å². The van der Waals surface area contributed by atoms with Gasteiger partial charge in [0.25, 0.3) is 5.56 Å². The fourth-order valence-corrected chi connectivity index (χ4v) is 3.12. The Balaban J connectivity index is 1.93. The van der Waals surface area contributed by atoms with Gasteiger partial charge in [-0.1, -0.05) is 43.7 Å². The second-order valence-corrected chi connectivity index (χ2v) is 7.16. The number of H-pyrrole nitrogens is 1. The number of hydrogen-bond donors (Lipinski definition) is 2. The third kappa shape index (κ3) is 4.30. The topological polar surface area (TPSA) is 97.1 Å². The summed E-state index contributed by atoms with van der Waals surface area (Å²) in [5.74, 6) is 0.409. The molecule has 0 saturated heterocycles. The van der Waals surface area contributed by atoms with Crippen molar-refractivity contribution >= 4 is 45.3 Å². The highest BCUT2D eigenvalue weighted by Gasteiger charge is 2.16. The van der Waals surface area contributed by atoms with Crippen LogP contribution in [0.4, 0.5) is 5.95 Å². The van der Waals surface area contributed by atoms with Crippen LogP contribution in [0.1, 0.15) is 25.3 Å². The summed E-state index contributed by atoms with van der Waals surface area (Å²) in [6.07, 6.45) is 5.36. The van der Waals surface area contributed by atoms with Crippen LogP contribution in [0.15, 0.2) is 49.5 Å². The molecule has 146 valence electrons. The molecular formula is C19H21BrN6O2. The number of allylic oxidation sites excluding steroid dienone is 1. The molecule has 0 radical (unpaired) electrons. The zero-order chi connectivity index (χ0) is 20.1. The highest BCUT2D eigenvalue weighted by Crippen LogP contribution is 2.17. The minimum Gasteiger partial charge on any atom is -0.303 e. The predicted octanol–water partition coefficient (Wildman–Crippen LogP) is 3.06. The highest BCUT2D eigenvalue weighted by atomic mass is 79.9. The van der Waals surface area contributed by atoms with Gasteiger partial charge in [-0.15, -0.1) is 0 Å². The molecule has 2 heterocycles. The number of aromatic amines is 1. The quantitative estimate of drug-likeness (QED) is 0.432. The van der Waals surface area contributed by atoms with Gasteiger partial charge < -0.3 is 4.57 Å². The Morgan fingerprint density at radius 3 is 2.79 bits per heavy atom. The first kappa shape index (κ1) is 19.8. The molecule has 0 fully saturated rings. The molecule has 0 atom stereocenters. The molecular weight excluding hydrogens is 424 g/mol. The number of hydrogen-bond acceptors (Lipinski definition) is 5. The maximum absolute atomic E-state index is 12.3. The number of fused-ring (bicyclic) bond motifs is 1. The maximum Gasteiger partial charge on any atom is 0.329 e. The van der Waals surface area contributed by atoms with Gasteiger partial charge in [0.1, 0.15) is 0 Å². The van der Waals surface area contributed by atoms with E-state index in [9.17, 15) is 9.59 Å². The van der Waals surface area contributed by atoms with E-state index in [0.717, 1.165) is 22.9 Å². The van der Waals surface area contributed by atoms with Gasteiger partial charge in [-0.2, -0.15) is 10.1 Å². The van der Waals surface area contributed by atoms with E-state index in [2.05, 4.69) is 43.3 Å². The monoisotopic (exact) mass is 444 g/mol. The van der Waals surface area contributed by atoms with Crippen molar-refractivity contribution in [2.24, 2.45) is 12.1 Å². The van der Waals surface area contributed by atoms with Crippen LogP contribution in [0.25, 0.3) is 17.2 Å². The van der Waals surface area contributed by atoms with Gasteiger partial charge in [0.2, 0.25) is 5.95 Å². The van der Waals surface area contributed by atoms with E-state index in [-0.39, 0.29) is 0 Å². The summed E-state index contributed by atoms with van der Waals surface area (Å²) in [6.45, 7) is 2.66. The summed E-state index contributed by atoms with van der Waals surface area (Å²) in [5, 5.41) is 4.21. The highest BCUT2D eigenvalue weighted by molar-refractivity contribution is 9.12. The van der Waals surface area contributed by atoms with Crippen molar-refractivity contribution < 1.29 is 0 Å². The molecule has 8 nitrogen and oxygen atoms in total. The van der Waals surface area contributed by atoms with Crippen LogP contribution in [-0.2, 0) is 13.6 Å². The fourth-order valence-electron chi connectivity index (χ4n) is 2.75. The Hall–Kier alpha value is -2.94. The first-order valence-electron chi connectivity index (χ1n) is 8.92. The summed E-state index contributed by atoms with van der Waals surface area (Å²) in [5.41, 5.74) is 3.64. The lowest BCUT2D eigenvalue weighted by molar-refractivity contribution is 0.647. The van der Waals surface area contributed by atoms with Gasteiger partial charge in [-0.3, -0.25) is 14.3 Å². The smallest absolute Gasteiger partial charge is 0.303 e. The van der Waals surface area contributed by atoms with Crippen molar-refractivity contribution in [1.29, 1.82) is 0 Å². The summed E-state index contributed by atoms with van der Waals surface area (Å²) >= 11 is 3.46. The van der Waals surface area contributed by atoms with Crippen LogP contribution in [-0.4, -0.2) is 25.3 Å². The number of unbranched alkanes of at least 4 members (excludes halogenated alkanes) is 1. The van der Waals surface area contributed by atoms with Crippen LogP contribution in [0.5, 0.6) is 0 Å². The van der Waals surface area contributed by atoms with E-state index < -0.39 is 11.2 Å². The van der Waals surface area contributed by atoms with Crippen molar-refractivity contribution in [1.82, 2.24) is 19.1 Å². The molecule has 0 amide bonds. The van der Waals surface area contributed by atoms with Crippen LogP contribution in [0, 0.1) is 0 Å². The molecule has 0 spiro atoms. The first-order chi connectivity index (χ1) is 13.5. The predicted molar refractivity (Wildman–Crippen MR) is 116 cm³/mol. The van der Waals surface area contributed by atoms with Gasteiger partial charge in [-0.05, 0) is 34.0 Å². The van der Waals surface area contributed by atoms with E-state index in [1.165, 1.54) is 4.57 Å². The molecule has 0 aliphatic carbocycles. The standard InChI is InChI=1S/C19H21BrN6O2/c1-3-4-10-26-15-16(25(2)19(28)23-17(15)27)22-18(26)24-21-12-14(20)11-13-8-6-5-7-9-13/h5-9,11-12H,3-4,10H2,1-2H3,(H,22,24)(H,23,27,28)/b14-11-,21-12+. The number of anilines is 1. The Morgan fingerprint density at radius 2 is 2.07 bits per heavy atom. The van der Waals surface area contributed by atoms with Crippen molar-refractivity contribution in [3.05, 3.63) is 61.2 Å². The van der Waals surface area contributed by atoms with Crippen molar-refractivity contribution in [3.8, 4) is 0 Å². The van der Waals surface area contributed by atoms with E-state index in [4.69, 9.17) is 0 Å². The average molecular weight is 445 g/mol. The van der Waals surface area contributed by atoms with Crippen LogP contribution in [0.2, 0.25) is 0 Å². The summed E-state index contributed by atoms with van der Waals surface area (Å²) in [6, 6.07) is 9.84. The molecule has 0 bridgehead atoms. The van der Waals surface area contributed by atoms with Gasteiger partial charge >= 0.3 is 5.69 Å². The molecule has 2 N–H and O–H groups in total. The van der Waals surface area contributed by atoms with E-state index in [1.807, 2.05) is 36.4 Å². The second kappa shape index (κ2) is 8.83. The maximum atomic E-state index is 12.3. The summed E-state index contributed by atoms with van der Waals surface area (Å²) < 4.78 is 3.84. The number of hydrazone groups is 1. The lowest BCUT2D eigenvalue weighted by Crippen LogP contribution is -2.29. The Labute approximate surface area is 169 Å². The lowest BCUT2D eigenvalue weighted by atomic mass is 10.2. The third-order valence-corrected chi connectivity index (χ3v) is 4.63. The van der Waals surface area contributed by atoms with Gasteiger partial charge in [0.15, 0.2) is 11.2 Å². The molecule has 0 aliphatic heterocycles. The van der Waals surface area contributed by atoms with Gasteiger partial charge in [0, 0.05) is 18.1 Å². The molecule has 0 unspecified atom stereocenters. The molecule has 0 saturated carbocycles. The number of halogens is 1. The molecule has 9 heteroatoms. The average Bonchev–Trinajstić information content (AvgIpc) is 3.04. The lowest BCUT2D eigenvalue weighted by Gasteiger charge is -2.06. The zero-order valence-electron chi connectivity index (χ0n) is 15.6. The molecule has 2 aromatic heterocycles. The number of benzene rings is 1. The largest absolute Gasteiger partial charge is 0.329 e. The minimum absolute atomic E-state index is 0.321. The molecule has 3 rings (SSSR count). The SMILES string of the molecule is CCCCn1c(N/N=C/C(Br)=C/c2ccccc2)nc2c1c(=O)[nH]c(=O)n2C. The number of rotatable bonds is 7. The first-order valence-corrected chi connectivity index (χ1v) is 9.71. The molecule has 1 aromatic carbocycles. The number of nitrogens with one attached hydrogen (secondary N) is 2. The number of imidazole rings is 1. The van der Waals surface area contributed by atoms with E-state index in [0.29, 0.717) is 23.7 Å². The van der Waals surface area contributed by atoms with E-state index in [1.54, 1.807) is 17.8 Å². The Morgan fingerprint density at radius 1 is 1.32 bits per heavy atom. The Bertz CT molecular complexity index is 1140. The zero-order valence-corrected chi connectivity index (χ0v) is 17.2. The molecule has 0 aliphatic rings. The van der Waals surface area contributed by atoms with Crippen molar-refractivity contribution in [2.45, 2.75) is 26.3 Å². The van der Waals surface area contributed by atoms with Crippen LogP contribution < -0.4 is 16.7 Å². The molecule has 28 heavy (non-hydrogen) atoms. The number of nitrogens with zero attached hydrogens (tertiary/aromatic N) is 4. The summed E-state index contributed by atoms with van der Waals surface area (Å²) in [7, 11) is 1.57. The third-order valence-electron chi connectivity index (χ3n) is 4.20. The summed E-state index contributed by atoms with van der Waals surface area (Å²) in [4.78, 5) is 30.9. The van der Waals surface area contributed by atoms with Gasteiger partial charge in [0.05, 0.1) is 6.21 Å². The van der Waals surface area contributed by atoms with Crippen LogP contribution >= 0.6 is 15.9 Å². The normalized spacial score (nSPS) is 12.2. The number of aryl methyl sites for hydroxylation is 2. The van der Waals surface area contributed by atoms with Crippen LogP contribution in [0.3, 0.4) is 0 Å². The fraction of sp³-hybridized carbons (Fsp3) is 0.263. The van der Waals surface area contributed by atoms with E-state index >= 15 is 0 Å². The van der Waals surface area contributed by atoms with Gasteiger partial charge in [-0.25, -0.2) is 10.2 Å².